The van der Waals surface area contributed by atoms with Crippen molar-refractivity contribution >= 4 is 21.1 Å². The van der Waals surface area contributed by atoms with Crippen LogP contribution in [0.25, 0.3) is 11.0 Å². The predicted molar refractivity (Wildman–Crippen MR) is 105 cm³/mol. The van der Waals surface area contributed by atoms with E-state index in [0.29, 0.717) is 35.2 Å². The highest BCUT2D eigenvalue weighted by Crippen LogP contribution is 2.34. The van der Waals surface area contributed by atoms with Gasteiger partial charge < -0.3 is 9.72 Å². The van der Waals surface area contributed by atoms with E-state index in [4.69, 9.17) is 4.74 Å². The molecule has 7 heteroatoms. The molecule has 1 saturated heterocycles. The Morgan fingerprint density at radius 3 is 2.70 bits per heavy atom. The van der Waals surface area contributed by atoms with Gasteiger partial charge in [-0.25, -0.2) is 13.4 Å². The van der Waals surface area contributed by atoms with Crippen molar-refractivity contribution in [1.29, 1.82) is 0 Å². The van der Waals surface area contributed by atoms with Gasteiger partial charge in [-0.05, 0) is 67.1 Å². The summed E-state index contributed by atoms with van der Waals surface area (Å²) in [5.74, 6) is 1.00. The van der Waals surface area contributed by atoms with Gasteiger partial charge >= 0.3 is 0 Å². The molecule has 1 aromatic carbocycles. The summed E-state index contributed by atoms with van der Waals surface area (Å²) in [5.41, 5.74) is 2.83. The number of methoxy groups -OCH3 is 1. The molecule has 0 saturated carbocycles. The number of nitrogens with one attached hydrogen (secondary N) is 1. The zero-order valence-electron chi connectivity index (χ0n) is 15.5. The quantitative estimate of drug-likeness (QED) is 0.746. The number of sulfonamides is 1. The van der Waals surface area contributed by atoms with Crippen LogP contribution in [0.15, 0.2) is 47.6 Å². The van der Waals surface area contributed by atoms with E-state index >= 15 is 0 Å². The molecule has 1 aliphatic heterocycles. The van der Waals surface area contributed by atoms with Crippen LogP contribution in [-0.4, -0.2) is 42.9 Å². The molecule has 4 rings (SSSR count). The van der Waals surface area contributed by atoms with E-state index < -0.39 is 10.0 Å². The third-order valence-electron chi connectivity index (χ3n) is 5.38. The van der Waals surface area contributed by atoms with Gasteiger partial charge in [-0.2, -0.15) is 4.31 Å². The van der Waals surface area contributed by atoms with Crippen molar-refractivity contribution < 1.29 is 13.2 Å². The summed E-state index contributed by atoms with van der Waals surface area (Å²) in [7, 11) is -1.92. The van der Waals surface area contributed by atoms with E-state index in [1.54, 1.807) is 42.7 Å². The summed E-state index contributed by atoms with van der Waals surface area (Å²) in [6.07, 6.45) is 5.39. The molecule has 0 atom stereocenters. The van der Waals surface area contributed by atoms with Gasteiger partial charge in [0.25, 0.3) is 0 Å². The van der Waals surface area contributed by atoms with Crippen molar-refractivity contribution in [3.8, 4) is 5.75 Å². The van der Waals surface area contributed by atoms with Crippen LogP contribution in [0.3, 0.4) is 0 Å². The number of aromatic amines is 1. The number of rotatable bonds is 4. The van der Waals surface area contributed by atoms with E-state index in [2.05, 4.69) is 16.0 Å². The molecule has 0 radical (unpaired) electrons. The minimum atomic E-state index is -3.49. The molecule has 1 fully saturated rings. The third kappa shape index (κ3) is 3.21. The van der Waals surface area contributed by atoms with Crippen molar-refractivity contribution in [2.45, 2.75) is 30.6 Å². The molecule has 27 heavy (non-hydrogen) atoms. The Balaban J connectivity index is 1.53. The lowest BCUT2D eigenvalue weighted by molar-refractivity contribution is 0.320. The Bertz CT molecular complexity index is 1070. The van der Waals surface area contributed by atoms with Crippen molar-refractivity contribution in [3.05, 3.63) is 53.9 Å². The number of aromatic nitrogens is 2. The molecular formula is C20H23N3O3S. The molecule has 0 amide bonds. The topological polar surface area (TPSA) is 75.3 Å². The predicted octanol–water partition coefficient (Wildman–Crippen LogP) is 3.45. The number of H-pyrrole nitrogens is 1. The average molecular weight is 385 g/mol. The SMILES string of the molecule is COc1ccc(S(=O)(=O)N2CCC(c3c[nH]c4ncccc34)CC2)c(C)c1. The highest BCUT2D eigenvalue weighted by Gasteiger charge is 2.31. The summed E-state index contributed by atoms with van der Waals surface area (Å²) >= 11 is 0. The molecule has 142 valence electrons. The third-order valence-corrected chi connectivity index (χ3v) is 7.44. The van der Waals surface area contributed by atoms with Gasteiger partial charge in [0, 0.05) is 30.9 Å². The van der Waals surface area contributed by atoms with Gasteiger partial charge in [-0.15, -0.1) is 0 Å². The summed E-state index contributed by atoms with van der Waals surface area (Å²) < 4.78 is 32.9. The van der Waals surface area contributed by atoms with Crippen LogP contribution in [0.4, 0.5) is 0 Å². The monoisotopic (exact) mass is 385 g/mol. The number of aryl methyl sites for hydroxylation is 1. The lowest BCUT2D eigenvalue weighted by Crippen LogP contribution is -2.38. The molecule has 1 N–H and O–H groups in total. The number of hydrogen-bond acceptors (Lipinski definition) is 4. The first-order chi connectivity index (χ1) is 13.0. The number of benzene rings is 1. The number of pyridine rings is 1. The van der Waals surface area contributed by atoms with Crippen LogP contribution in [-0.2, 0) is 10.0 Å². The molecule has 0 unspecified atom stereocenters. The summed E-state index contributed by atoms with van der Waals surface area (Å²) in [5, 5.41) is 1.13. The first-order valence-corrected chi connectivity index (χ1v) is 10.5. The molecule has 3 aromatic rings. The number of ether oxygens (including phenoxy) is 1. The van der Waals surface area contributed by atoms with Crippen LogP contribution in [0.2, 0.25) is 0 Å². The summed E-state index contributed by atoms with van der Waals surface area (Å²) in [6, 6.07) is 9.11. The van der Waals surface area contributed by atoms with E-state index in [1.807, 2.05) is 12.3 Å². The molecule has 0 spiro atoms. The fraction of sp³-hybridized carbons (Fsp3) is 0.350. The normalized spacial score (nSPS) is 16.7. The van der Waals surface area contributed by atoms with Crippen LogP contribution >= 0.6 is 0 Å². The maximum absolute atomic E-state index is 13.1. The first kappa shape index (κ1) is 18.0. The van der Waals surface area contributed by atoms with Gasteiger partial charge in [0.05, 0.1) is 12.0 Å². The number of fused-ring (bicyclic) bond motifs is 1. The molecule has 6 nitrogen and oxygen atoms in total. The van der Waals surface area contributed by atoms with Crippen LogP contribution in [0.5, 0.6) is 5.75 Å². The Kier molecular flexibility index (Phi) is 4.65. The molecule has 3 heterocycles. The first-order valence-electron chi connectivity index (χ1n) is 9.07. The minimum absolute atomic E-state index is 0.339. The smallest absolute Gasteiger partial charge is 0.243 e. The number of nitrogens with zero attached hydrogens (tertiary/aromatic N) is 2. The fourth-order valence-electron chi connectivity index (χ4n) is 3.90. The van der Waals surface area contributed by atoms with Crippen LogP contribution in [0.1, 0.15) is 29.9 Å². The zero-order valence-corrected chi connectivity index (χ0v) is 16.3. The van der Waals surface area contributed by atoms with Gasteiger partial charge in [0.2, 0.25) is 10.0 Å². The highest BCUT2D eigenvalue weighted by molar-refractivity contribution is 7.89. The lowest BCUT2D eigenvalue weighted by Gasteiger charge is -2.31. The van der Waals surface area contributed by atoms with E-state index in [-0.39, 0.29) is 0 Å². The summed E-state index contributed by atoms with van der Waals surface area (Å²) in [4.78, 5) is 7.92. The van der Waals surface area contributed by atoms with E-state index in [1.165, 1.54) is 5.56 Å². The Labute approximate surface area is 159 Å². The maximum Gasteiger partial charge on any atom is 0.243 e. The van der Waals surface area contributed by atoms with Gasteiger partial charge in [0.1, 0.15) is 11.4 Å². The number of piperidine rings is 1. The van der Waals surface area contributed by atoms with Crippen molar-refractivity contribution in [1.82, 2.24) is 14.3 Å². The Morgan fingerprint density at radius 1 is 1.22 bits per heavy atom. The minimum Gasteiger partial charge on any atom is -0.497 e. The highest BCUT2D eigenvalue weighted by atomic mass is 32.2. The fourth-order valence-corrected chi connectivity index (χ4v) is 5.57. The second-order valence-electron chi connectivity index (χ2n) is 6.95. The number of hydrogen-bond donors (Lipinski definition) is 1. The Morgan fingerprint density at radius 2 is 2.00 bits per heavy atom. The van der Waals surface area contributed by atoms with Gasteiger partial charge in [0.15, 0.2) is 0 Å². The zero-order chi connectivity index (χ0) is 19.0. The molecular weight excluding hydrogens is 362 g/mol. The second kappa shape index (κ2) is 6.98. The van der Waals surface area contributed by atoms with Crippen molar-refractivity contribution in [3.63, 3.8) is 0 Å². The van der Waals surface area contributed by atoms with E-state index in [0.717, 1.165) is 23.9 Å². The molecule has 0 aliphatic carbocycles. The second-order valence-corrected chi connectivity index (χ2v) is 8.86. The van der Waals surface area contributed by atoms with Gasteiger partial charge in [-0.1, -0.05) is 0 Å². The molecule has 0 bridgehead atoms. The maximum atomic E-state index is 13.1. The van der Waals surface area contributed by atoms with Crippen molar-refractivity contribution in [2.24, 2.45) is 0 Å². The lowest BCUT2D eigenvalue weighted by atomic mass is 9.90. The van der Waals surface area contributed by atoms with Gasteiger partial charge in [-0.3, -0.25) is 0 Å². The standard InChI is InChI=1S/C20H23N3O3S/c1-14-12-16(26-2)5-6-19(14)27(24,25)23-10-7-15(8-11-23)18-13-22-20-17(18)4-3-9-21-20/h3-6,9,12-13,15H,7-8,10-11H2,1-2H3,(H,21,22). The largest absolute Gasteiger partial charge is 0.497 e. The molecule has 1 aliphatic rings. The molecule has 2 aromatic heterocycles. The average Bonchev–Trinajstić information content (AvgIpc) is 3.12. The van der Waals surface area contributed by atoms with Crippen LogP contribution < -0.4 is 4.74 Å². The summed E-state index contributed by atoms with van der Waals surface area (Å²) in [6.45, 7) is 2.85. The van der Waals surface area contributed by atoms with E-state index in [9.17, 15) is 8.42 Å². The Hall–Kier alpha value is -2.38. The van der Waals surface area contributed by atoms with Crippen molar-refractivity contribution in [2.75, 3.05) is 20.2 Å². The van der Waals surface area contributed by atoms with Crippen LogP contribution in [0, 0.1) is 6.92 Å².